The van der Waals surface area contributed by atoms with Gasteiger partial charge in [0.1, 0.15) is 5.78 Å². The zero-order chi connectivity index (χ0) is 22.6. The molecular formula is C23H30O7. The molecule has 0 N–H and O–H groups in total. The van der Waals surface area contributed by atoms with Gasteiger partial charge in [0.05, 0.1) is 24.0 Å². The summed E-state index contributed by atoms with van der Waals surface area (Å²) in [5.41, 5.74) is 0.943. The number of carbonyl (C=O) groups excluding carboxylic acids is 4. The van der Waals surface area contributed by atoms with E-state index in [9.17, 15) is 19.2 Å². The first-order chi connectivity index (χ1) is 13.9. The van der Waals surface area contributed by atoms with Crippen molar-refractivity contribution in [3.8, 4) is 0 Å². The van der Waals surface area contributed by atoms with Crippen LogP contribution in [0.4, 0.5) is 0 Å². The number of benzene rings is 1. The number of fused-ring (bicyclic) bond motifs is 1. The molecule has 1 aromatic rings. The lowest BCUT2D eigenvalue weighted by molar-refractivity contribution is -0.171. The molecule has 0 saturated heterocycles. The fourth-order valence-corrected chi connectivity index (χ4v) is 2.96. The Labute approximate surface area is 177 Å². The molecule has 0 fully saturated rings. The van der Waals surface area contributed by atoms with Gasteiger partial charge in [-0.25, -0.2) is 4.79 Å². The van der Waals surface area contributed by atoms with Crippen LogP contribution in [0.5, 0.6) is 0 Å². The van der Waals surface area contributed by atoms with Crippen molar-refractivity contribution in [2.75, 3.05) is 6.61 Å². The van der Waals surface area contributed by atoms with Crippen molar-refractivity contribution >= 4 is 23.7 Å². The van der Waals surface area contributed by atoms with Gasteiger partial charge in [0.25, 0.3) is 6.29 Å². The number of carbonyl (C=O) groups is 4. The van der Waals surface area contributed by atoms with Crippen molar-refractivity contribution in [1.29, 1.82) is 0 Å². The smallest absolute Gasteiger partial charge is 0.342 e. The highest BCUT2D eigenvalue weighted by Crippen LogP contribution is 2.35. The summed E-state index contributed by atoms with van der Waals surface area (Å²) < 4.78 is 15.7. The van der Waals surface area contributed by atoms with Crippen molar-refractivity contribution in [3.63, 3.8) is 0 Å². The maximum absolute atomic E-state index is 12.4. The Hall–Kier alpha value is -2.70. The number of Topliss-reactive ketones (excluding diaryl/α,β-unsaturated/α-hetero) is 1. The van der Waals surface area contributed by atoms with E-state index in [1.807, 2.05) is 20.8 Å². The fraction of sp³-hybridized carbons (Fsp3) is 0.565. The maximum atomic E-state index is 12.4. The molecule has 2 rings (SSSR count). The molecule has 1 unspecified atom stereocenters. The summed E-state index contributed by atoms with van der Waals surface area (Å²) in [6, 6.07) is 5.13. The van der Waals surface area contributed by atoms with Gasteiger partial charge in [0.15, 0.2) is 0 Å². The third-order valence-electron chi connectivity index (χ3n) is 4.89. The zero-order valence-corrected chi connectivity index (χ0v) is 18.4. The Kier molecular flexibility index (Phi) is 7.39. The van der Waals surface area contributed by atoms with Gasteiger partial charge in [0, 0.05) is 17.4 Å². The first-order valence-corrected chi connectivity index (χ1v) is 10.1. The summed E-state index contributed by atoms with van der Waals surface area (Å²) in [6.45, 7) is 10.6. The van der Waals surface area contributed by atoms with Gasteiger partial charge in [-0.15, -0.1) is 0 Å². The maximum Gasteiger partial charge on any atom is 0.342 e. The molecular weight excluding hydrogens is 388 g/mol. The minimum absolute atomic E-state index is 0.0218. The van der Waals surface area contributed by atoms with Crippen LogP contribution < -0.4 is 0 Å². The zero-order valence-electron chi connectivity index (χ0n) is 18.4. The van der Waals surface area contributed by atoms with Crippen LogP contribution in [0.15, 0.2) is 18.2 Å². The molecule has 1 aliphatic heterocycles. The van der Waals surface area contributed by atoms with E-state index in [0.717, 1.165) is 0 Å². The van der Waals surface area contributed by atoms with E-state index < -0.39 is 35.5 Å². The largest absolute Gasteiger partial charge is 0.465 e. The van der Waals surface area contributed by atoms with Crippen molar-refractivity contribution in [2.45, 2.75) is 60.7 Å². The van der Waals surface area contributed by atoms with Crippen molar-refractivity contribution in [2.24, 2.45) is 17.3 Å². The van der Waals surface area contributed by atoms with E-state index in [0.29, 0.717) is 16.7 Å². The molecule has 1 aliphatic rings. The molecule has 164 valence electrons. The average Bonchev–Trinajstić information content (AvgIpc) is 2.97. The molecule has 1 aromatic carbocycles. The first-order valence-electron chi connectivity index (χ1n) is 10.1. The van der Waals surface area contributed by atoms with Gasteiger partial charge in [-0.2, -0.15) is 0 Å². The number of esters is 3. The van der Waals surface area contributed by atoms with E-state index in [2.05, 4.69) is 0 Å². The second kappa shape index (κ2) is 9.41. The molecule has 0 radical (unpaired) electrons. The van der Waals surface area contributed by atoms with E-state index in [-0.39, 0.29) is 31.1 Å². The van der Waals surface area contributed by atoms with Crippen molar-refractivity contribution in [1.82, 2.24) is 0 Å². The number of rotatable bonds is 8. The number of ether oxygens (including phenoxy) is 3. The molecule has 7 heteroatoms. The lowest BCUT2D eigenvalue weighted by Crippen LogP contribution is -2.24. The number of hydrogen-bond donors (Lipinski definition) is 0. The van der Waals surface area contributed by atoms with Crippen LogP contribution in [0.2, 0.25) is 0 Å². The number of ketones is 1. The minimum Gasteiger partial charge on any atom is -0.465 e. The molecule has 0 bridgehead atoms. The quantitative estimate of drug-likeness (QED) is 0.593. The van der Waals surface area contributed by atoms with Crippen LogP contribution in [0.3, 0.4) is 0 Å². The summed E-state index contributed by atoms with van der Waals surface area (Å²) in [5, 5.41) is 0. The monoisotopic (exact) mass is 418 g/mol. The summed E-state index contributed by atoms with van der Waals surface area (Å²) in [7, 11) is 0. The number of cyclic esters (lactones) is 1. The topological polar surface area (TPSA) is 96.0 Å². The average molecular weight is 418 g/mol. The van der Waals surface area contributed by atoms with E-state index >= 15 is 0 Å². The summed E-state index contributed by atoms with van der Waals surface area (Å²) in [4.78, 5) is 48.5. The normalized spacial score (nSPS) is 16.6. The molecule has 0 amide bonds. The van der Waals surface area contributed by atoms with Crippen LogP contribution in [-0.2, 0) is 35.0 Å². The van der Waals surface area contributed by atoms with Gasteiger partial charge >= 0.3 is 17.9 Å². The highest BCUT2D eigenvalue weighted by atomic mass is 16.7. The Morgan fingerprint density at radius 2 is 1.77 bits per heavy atom. The standard InChI is InChI=1S/C23H30O7/c1-13(2)19(25)29-22-16-9-7-8-15(18(16)21(27)30-22)12-14(3)20(26)28-11-10-17(24)23(4,5)6/h7-9,13-14,22H,10-12H2,1-6H3/t14-,22?/m0/s1. The summed E-state index contributed by atoms with van der Waals surface area (Å²) in [5.74, 6) is -2.34. The van der Waals surface area contributed by atoms with Gasteiger partial charge < -0.3 is 14.2 Å². The lowest BCUT2D eigenvalue weighted by atomic mass is 9.89. The molecule has 0 aliphatic carbocycles. The molecule has 0 saturated carbocycles. The summed E-state index contributed by atoms with van der Waals surface area (Å²) >= 11 is 0. The molecule has 30 heavy (non-hydrogen) atoms. The second-order valence-electron chi connectivity index (χ2n) is 8.91. The van der Waals surface area contributed by atoms with E-state index in [1.54, 1.807) is 39.0 Å². The molecule has 1 heterocycles. The van der Waals surface area contributed by atoms with E-state index in [4.69, 9.17) is 14.2 Å². The van der Waals surface area contributed by atoms with Crippen LogP contribution >= 0.6 is 0 Å². The van der Waals surface area contributed by atoms with Gasteiger partial charge in [0.2, 0.25) is 0 Å². The Morgan fingerprint density at radius 1 is 1.10 bits per heavy atom. The van der Waals surface area contributed by atoms with Crippen molar-refractivity contribution in [3.05, 3.63) is 34.9 Å². The summed E-state index contributed by atoms with van der Waals surface area (Å²) in [6.07, 6.45) is -0.652. The van der Waals surface area contributed by atoms with Gasteiger partial charge in [-0.1, -0.05) is 59.7 Å². The molecule has 2 atom stereocenters. The third kappa shape index (κ3) is 5.68. The van der Waals surface area contributed by atoms with Crippen LogP contribution in [0.1, 0.15) is 75.7 Å². The second-order valence-corrected chi connectivity index (χ2v) is 8.91. The molecule has 0 spiro atoms. The van der Waals surface area contributed by atoms with Gasteiger partial charge in [-0.3, -0.25) is 14.4 Å². The lowest BCUT2D eigenvalue weighted by Gasteiger charge is -2.17. The Bertz CT molecular complexity index is 832. The van der Waals surface area contributed by atoms with Crippen molar-refractivity contribution < 1.29 is 33.4 Å². The predicted octanol–water partition coefficient (Wildman–Crippen LogP) is 3.78. The fourth-order valence-electron chi connectivity index (χ4n) is 2.96. The van der Waals surface area contributed by atoms with E-state index in [1.165, 1.54) is 0 Å². The third-order valence-corrected chi connectivity index (χ3v) is 4.89. The highest BCUT2D eigenvalue weighted by Gasteiger charge is 2.36. The molecule has 0 aromatic heterocycles. The highest BCUT2D eigenvalue weighted by molar-refractivity contribution is 5.96. The van der Waals surface area contributed by atoms with Crippen LogP contribution in [0.25, 0.3) is 0 Å². The van der Waals surface area contributed by atoms with Crippen LogP contribution in [0, 0.1) is 17.3 Å². The Morgan fingerprint density at radius 3 is 2.37 bits per heavy atom. The SMILES string of the molecule is CC(C)C(=O)OC1OC(=O)c2c(C[C@H](C)C(=O)OCCC(=O)C(C)(C)C)cccc21. The number of hydrogen-bond acceptors (Lipinski definition) is 7. The van der Waals surface area contributed by atoms with Gasteiger partial charge in [-0.05, 0) is 12.0 Å². The minimum atomic E-state index is -1.08. The predicted molar refractivity (Wildman–Crippen MR) is 108 cm³/mol. The molecule has 7 nitrogen and oxygen atoms in total. The van der Waals surface area contributed by atoms with Crippen LogP contribution in [-0.4, -0.2) is 30.3 Å². The Balaban J connectivity index is 2.03. The first kappa shape index (κ1) is 23.6.